The van der Waals surface area contributed by atoms with E-state index in [-0.39, 0.29) is 18.4 Å². The number of methoxy groups -OCH3 is 1. The number of aryl methyl sites for hydroxylation is 1. The molecule has 0 unspecified atom stereocenters. The first-order valence-electron chi connectivity index (χ1n) is 10.8. The summed E-state index contributed by atoms with van der Waals surface area (Å²) in [6.45, 7) is 3.24. The molecule has 1 amide bonds. The minimum absolute atomic E-state index is 0.0282. The molecule has 2 aromatic carbocycles. The summed E-state index contributed by atoms with van der Waals surface area (Å²) in [4.78, 5) is 19.1. The average Bonchev–Trinajstić information content (AvgIpc) is 3.28. The van der Waals surface area contributed by atoms with Gasteiger partial charge in [0.15, 0.2) is 24.0 Å². The van der Waals surface area contributed by atoms with E-state index in [1.54, 1.807) is 13.3 Å². The molecule has 168 valence electrons. The first kappa shape index (κ1) is 22.2. The molecule has 6 nitrogen and oxygen atoms in total. The molecular formula is C25H27ClN2O4. The Kier molecular flexibility index (Phi) is 7.00. The molecule has 3 aromatic rings. The Balaban J connectivity index is 1.34. The monoisotopic (exact) mass is 454 g/mol. The summed E-state index contributed by atoms with van der Waals surface area (Å²) in [7, 11) is 1.59. The highest BCUT2D eigenvalue weighted by Gasteiger charge is 2.28. The SMILES string of the molecule is COc1cc(C)ccc1OCC(=O)N1CCC[C@@H](c2ncc(Cc3ccc(Cl)cc3)o2)C1. The molecule has 0 N–H and O–H groups in total. The minimum atomic E-state index is -0.0507. The molecule has 0 radical (unpaired) electrons. The van der Waals surface area contributed by atoms with Gasteiger partial charge in [0, 0.05) is 24.5 Å². The highest BCUT2D eigenvalue weighted by atomic mass is 35.5. The van der Waals surface area contributed by atoms with Crippen molar-refractivity contribution in [1.29, 1.82) is 0 Å². The van der Waals surface area contributed by atoms with Crippen LogP contribution in [-0.2, 0) is 11.2 Å². The second kappa shape index (κ2) is 10.1. The van der Waals surface area contributed by atoms with Crippen LogP contribution >= 0.6 is 11.6 Å². The van der Waals surface area contributed by atoms with Crippen molar-refractivity contribution < 1.29 is 18.7 Å². The van der Waals surface area contributed by atoms with Gasteiger partial charge >= 0.3 is 0 Å². The van der Waals surface area contributed by atoms with E-state index in [0.29, 0.717) is 41.9 Å². The van der Waals surface area contributed by atoms with Crippen molar-refractivity contribution in [2.45, 2.75) is 32.1 Å². The highest BCUT2D eigenvalue weighted by Crippen LogP contribution is 2.29. The van der Waals surface area contributed by atoms with Crippen LogP contribution in [0.15, 0.2) is 53.1 Å². The first-order valence-corrected chi connectivity index (χ1v) is 11.1. The minimum Gasteiger partial charge on any atom is -0.493 e. The standard InChI is InChI=1S/C25H27ClN2O4/c1-17-5-10-22(23(12-17)30-2)31-16-24(29)28-11-3-4-19(15-28)25-27-14-21(32-25)13-18-6-8-20(26)9-7-18/h5-10,12,14,19H,3-4,11,13,15-16H2,1-2H3/t19-/m1/s1. The molecule has 1 aliphatic rings. The lowest BCUT2D eigenvalue weighted by molar-refractivity contribution is -0.134. The zero-order valence-electron chi connectivity index (χ0n) is 18.3. The van der Waals surface area contributed by atoms with Crippen molar-refractivity contribution in [3.05, 3.63) is 76.5 Å². The lowest BCUT2D eigenvalue weighted by atomic mass is 9.98. The summed E-state index contributed by atoms with van der Waals surface area (Å²) < 4.78 is 17.1. The van der Waals surface area contributed by atoms with Crippen LogP contribution in [0.1, 0.15) is 41.5 Å². The van der Waals surface area contributed by atoms with E-state index >= 15 is 0 Å². The quantitative estimate of drug-likeness (QED) is 0.501. The number of carbonyl (C=O) groups excluding carboxylic acids is 1. The number of piperidine rings is 1. The Labute approximate surface area is 193 Å². The van der Waals surface area contributed by atoms with Crippen molar-refractivity contribution in [3.8, 4) is 11.5 Å². The van der Waals surface area contributed by atoms with Gasteiger partial charge in [0.2, 0.25) is 0 Å². The number of aromatic nitrogens is 1. The molecule has 0 aliphatic carbocycles. The molecule has 32 heavy (non-hydrogen) atoms. The molecule has 7 heteroatoms. The molecule has 1 fully saturated rings. The fourth-order valence-electron chi connectivity index (χ4n) is 3.93. The molecule has 0 spiro atoms. The number of benzene rings is 2. The van der Waals surface area contributed by atoms with E-state index < -0.39 is 0 Å². The summed E-state index contributed by atoms with van der Waals surface area (Å²) in [6, 6.07) is 13.4. The third kappa shape index (κ3) is 5.43. The zero-order chi connectivity index (χ0) is 22.5. The lowest BCUT2D eigenvalue weighted by Gasteiger charge is -2.31. The fraction of sp³-hybridized carbons (Fsp3) is 0.360. The third-order valence-corrected chi connectivity index (χ3v) is 5.91. The summed E-state index contributed by atoms with van der Waals surface area (Å²) in [5, 5.41) is 0.712. The van der Waals surface area contributed by atoms with Gasteiger partial charge in [-0.15, -0.1) is 0 Å². The van der Waals surface area contributed by atoms with Crippen molar-refractivity contribution in [3.63, 3.8) is 0 Å². The molecule has 1 saturated heterocycles. The van der Waals surface area contributed by atoms with Gasteiger partial charge in [-0.2, -0.15) is 0 Å². The van der Waals surface area contributed by atoms with Crippen molar-refractivity contribution in [2.75, 3.05) is 26.8 Å². The molecule has 2 heterocycles. The maximum absolute atomic E-state index is 12.8. The summed E-state index contributed by atoms with van der Waals surface area (Å²) in [6.07, 6.45) is 4.28. The second-order valence-electron chi connectivity index (χ2n) is 8.09. The van der Waals surface area contributed by atoms with Crippen LogP contribution in [0.5, 0.6) is 11.5 Å². The number of hydrogen-bond acceptors (Lipinski definition) is 5. The van der Waals surface area contributed by atoms with Gasteiger partial charge in [-0.25, -0.2) is 4.98 Å². The van der Waals surface area contributed by atoms with E-state index in [1.165, 1.54) is 0 Å². The maximum Gasteiger partial charge on any atom is 0.260 e. The zero-order valence-corrected chi connectivity index (χ0v) is 19.1. The summed E-state index contributed by atoms with van der Waals surface area (Å²) >= 11 is 5.95. The number of ether oxygens (including phenoxy) is 2. The highest BCUT2D eigenvalue weighted by molar-refractivity contribution is 6.30. The van der Waals surface area contributed by atoms with Crippen LogP contribution in [0.2, 0.25) is 5.02 Å². The van der Waals surface area contributed by atoms with Gasteiger partial charge in [-0.3, -0.25) is 4.79 Å². The number of carbonyl (C=O) groups is 1. The van der Waals surface area contributed by atoms with Gasteiger partial charge < -0.3 is 18.8 Å². The lowest BCUT2D eigenvalue weighted by Crippen LogP contribution is -2.41. The molecule has 1 atom stereocenters. The number of oxazole rings is 1. The third-order valence-electron chi connectivity index (χ3n) is 5.66. The molecule has 0 saturated carbocycles. The number of rotatable bonds is 7. The first-order chi connectivity index (χ1) is 15.5. The Morgan fingerprint density at radius 3 is 2.81 bits per heavy atom. The van der Waals surface area contributed by atoms with E-state index in [0.717, 1.165) is 29.7 Å². The van der Waals surface area contributed by atoms with E-state index in [1.807, 2.05) is 54.3 Å². The van der Waals surface area contributed by atoms with Crippen LogP contribution in [0.3, 0.4) is 0 Å². The van der Waals surface area contributed by atoms with Crippen LogP contribution in [0, 0.1) is 6.92 Å². The Bertz CT molecular complexity index is 1060. The van der Waals surface area contributed by atoms with Crippen LogP contribution in [0.25, 0.3) is 0 Å². The fourth-order valence-corrected chi connectivity index (χ4v) is 4.05. The summed E-state index contributed by atoms with van der Waals surface area (Å²) in [5.74, 6) is 2.72. The number of hydrogen-bond donors (Lipinski definition) is 0. The number of amides is 1. The number of nitrogens with zero attached hydrogens (tertiary/aromatic N) is 2. The van der Waals surface area contributed by atoms with Crippen molar-refractivity contribution >= 4 is 17.5 Å². The topological polar surface area (TPSA) is 64.8 Å². The summed E-state index contributed by atoms with van der Waals surface area (Å²) in [5.41, 5.74) is 2.18. The van der Waals surface area contributed by atoms with E-state index in [4.69, 9.17) is 25.5 Å². The second-order valence-corrected chi connectivity index (χ2v) is 8.53. The Morgan fingerprint density at radius 2 is 2.03 bits per heavy atom. The molecule has 0 bridgehead atoms. The number of halogens is 1. The molecule has 1 aliphatic heterocycles. The number of likely N-dealkylation sites (tertiary alicyclic amines) is 1. The van der Waals surface area contributed by atoms with Gasteiger partial charge in [0.05, 0.1) is 19.2 Å². The largest absolute Gasteiger partial charge is 0.493 e. The predicted octanol–water partition coefficient (Wildman–Crippen LogP) is 5.02. The molecular weight excluding hydrogens is 428 g/mol. The normalized spacial score (nSPS) is 16.1. The van der Waals surface area contributed by atoms with Crippen molar-refractivity contribution in [2.24, 2.45) is 0 Å². The van der Waals surface area contributed by atoms with Gasteiger partial charge in [-0.1, -0.05) is 29.8 Å². The van der Waals surface area contributed by atoms with E-state index in [2.05, 4.69) is 4.98 Å². The average molecular weight is 455 g/mol. The van der Waals surface area contributed by atoms with Crippen molar-refractivity contribution in [1.82, 2.24) is 9.88 Å². The predicted molar refractivity (Wildman–Crippen MR) is 123 cm³/mol. The molecule has 1 aromatic heterocycles. The Morgan fingerprint density at radius 1 is 1.22 bits per heavy atom. The smallest absolute Gasteiger partial charge is 0.260 e. The van der Waals surface area contributed by atoms with Gasteiger partial charge in [0.1, 0.15) is 5.76 Å². The Hall–Kier alpha value is -2.99. The maximum atomic E-state index is 12.8. The molecule has 4 rings (SSSR count). The van der Waals surface area contributed by atoms with E-state index in [9.17, 15) is 4.79 Å². The van der Waals surface area contributed by atoms with Crippen LogP contribution < -0.4 is 9.47 Å². The van der Waals surface area contributed by atoms with Gasteiger partial charge in [0.25, 0.3) is 5.91 Å². The van der Waals surface area contributed by atoms with Crippen LogP contribution in [-0.4, -0.2) is 42.6 Å². The van der Waals surface area contributed by atoms with Gasteiger partial charge in [-0.05, 0) is 55.2 Å². The van der Waals surface area contributed by atoms with Crippen LogP contribution in [0.4, 0.5) is 0 Å².